The number of nitrogens with one attached hydrogen (secondary N) is 1. The number of pyridine rings is 2. The zero-order valence-corrected chi connectivity index (χ0v) is 15.5. The molecule has 0 saturated carbocycles. The summed E-state index contributed by atoms with van der Waals surface area (Å²) < 4.78 is 38.0. The molecular formula is C21H19F3N4O. The molecule has 0 atom stereocenters. The van der Waals surface area contributed by atoms with Gasteiger partial charge < -0.3 is 10.2 Å². The molecule has 4 rings (SSSR count). The van der Waals surface area contributed by atoms with Crippen LogP contribution in [0.3, 0.4) is 0 Å². The van der Waals surface area contributed by atoms with E-state index >= 15 is 0 Å². The number of amides is 1. The molecule has 1 amide bonds. The summed E-state index contributed by atoms with van der Waals surface area (Å²) >= 11 is 0. The lowest BCUT2D eigenvalue weighted by Gasteiger charge is -2.32. The van der Waals surface area contributed by atoms with Gasteiger partial charge in [0.1, 0.15) is 5.82 Å². The van der Waals surface area contributed by atoms with Gasteiger partial charge in [-0.05, 0) is 37.1 Å². The fourth-order valence-corrected chi connectivity index (χ4v) is 3.58. The highest BCUT2D eigenvalue weighted by Gasteiger charge is 2.31. The number of carbonyl (C=O) groups excluding carboxylic acids is 1. The highest BCUT2D eigenvalue weighted by atomic mass is 19.4. The molecule has 1 saturated heterocycles. The molecule has 1 aromatic carbocycles. The predicted molar refractivity (Wildman–Crippen MR) is 105 cm³/mol. The van der Waals surface area contributed by atoms with Crippen molar-refractivity contribution in [3.8, 4) is 0 Å². The van der Waals surface area contributed by atoms with Crippen LogP contribution in [-0.2, 0) is 11.0 Å². The Morgan fingerprint density at radius 1 is 1.07 bits per heavy atom. The fourth-order valence-electron chi connectivity index (χ4n) is 3.58. The summed E-state index contributed by atoms with van der Waals surface area (Å²) in [5.41, 5.74) is -0.0115. The van der Waals surface area contributed by atoms with Gasteiger partial charge in [0.25, 0.3) is 0 Å². The van der Waals surface area contributed by atoms with Crippen LogP contribution in [0.4, 0.5) is 24.7 Å². The molecule has 29 heavy (non-hydrogen) atoms. The summed E-state index contributed by atoms with van der Waals surface area (Å²) in [6.07, 6.45) is 1.12. The molecule has 5 nitrogen and oxygen atoms in total. The van der Waals surface area contributed by atoms with Crippen molar-refractivity contribution in [3.63, 3.8) is 0 Å². The number of carbonyl (C=O) groups is 1. The number of hydrogen-bond acceptors (Lipinski definition) is 4. The normalized spacial score (nSPS) is 15.5. The number of halogens is 3. The Labute approximate surface area is 165 Å². The van der Waals surface area contributed by atoms with Gasteiger partial charge in [0.2, 0.25) is 5.91 Å². The first kappa shape index (κ1) is 19.2. The maximum atomic E-state index is 12.7. The van der Waals surface area contributed by atoms with Gasteiger partial charge in [0, 0.05) is 54.1 Å². The molecule has 3 aromatic rings. The summed E-state index contributed by atoms with van der Waals surface area (Å²) in [7, 11) is 0. The molecule has 0 radical (unpaired) electrons. The van der Waals surface area contributed by atoms with Crippen LogP contribution < -0.4 is 10.2 Å². The SMILES string of the molecule is O=C(Nc1cccc2cnccc12)C1CCN(c2ccc(C(F)(F)F)cn2)CC1. The second kappa shape index (κ2) is 7.69. The number of aromatic nitrogens is 2. The van der Waals surface area contributed by atoms with E-state index in [1.165, 1.54) is 6.07 Å². The van der Waals surface area contributed by atoms with Gasteiger partial charge in [0.05, 0.1) is 5.56 Å². The molecule has 0 spiro atoms. The van der Waals surface area contributed by atoms with E-state index in [1.807, 2.05) is 29.2 Å². The fraction of sp³-hybridized carbons (Fsp3) is 0.286. The molecule has 1 aliphatic rings. The Bertz CT molecular complexity index is 1010. The van der Waals surface area contributed by atoms with E-state index in [0.29, 0.717) is 31.7 Å². The van der Waals surface area contributed by atoms with Crippen molar-refractivity contribution in [2.24, 2.45) is 5.92 Å². The van der Waals surface area contributed by atoms with Crippen LogP contribution in [0.2, 0.25) is 0 Å². The summed E-state index contributed by atoms with van der Waals surface area (Å²) in [6.45, 7) is 1.13. The average Bonchev–Trinajstić information content (AvgIpc) is 2.73. The molecule has 0 unspecified atom stereocenters. The van der Waals surface area contributed by atoms with Crippen LogP contribution in [-0.4, -0.2) is 29.0 Å². The Morgan fingerprint density at radius 2 is 1.86 bits per heavy atom. The lowest BCUT2D eigenvalue weighted by molar-refractivity contribution is -0.137. The molecule has 3 heterocycles. The minimum absolute atomic E-state index is 0.0469. The topological polar surface area (TPSA) is 58.1 Å². The van der Waals surface area contributed by atoms with Gasteiger partial charge in [-0.3, -0.25) is 9.78 Å². The number of alkyl halides is 3. The number of nitrogens with zero attached hydrogens (tertiary/aromatic N) is 3. The number of fused-ring (bicyclic) bond motifs is 1. The largest absolute Gasteiger partial charge is 0.417 e. The Kier molecular flexibility index (Phi) is 5.08. The number of piperidine rings is 1. The third kappa shape index (κ3) is 4.16. The lowest BCUT2D eigenvalue weighted by atomic mass is 9.95. The predicted octanol–water partition coefficient (Wildman–Crippen LogP) is 4.50. The molecular weight excluding hydrogens is 381 g/mol. The first-order valence-electron chi connectivity index (χ1n) is 9.33. The summed E-state index contributed by atoms with van der Waals surface area (Å²) in [4.78, 5) is 22.7. The first-order chi connectivity index (χ1) is 13.9. The summed E-state index contributed by atoms with van der Waals surface area (Å²) in [6, 6.07) is 9.96. The highest BCUT2D eigenvalue weighted by molar-refractivity contribution is 6.02. The third-order valence-electron chi connectivity index (χ3n) is 5.20. The molecule has 0 aliphatic carbocycles. The quantitative estimate of drug-likeness (QED) is 0.703. The van der Waals surface area contributed by atoms with E-state index in [9.17, 15) is 18.0 Å². The van der Waals surface area contributed by atoms with E-state index in [2.05, 4.69) is 15.3 Å². The van der Waals surface area contributed by atoms with Crippen LogP contribution in [0.5, 0.6) is 0 Å². The summed E-state index contributed by atoms with van der Waals surface area (Å²) in [5, 5.41) is 4.89. The Balaban J connectivity index is 1.38. The molecule has 1 N–H and O–H groups in total. The van der Waals surface area contributed by atoms with E-state index in [1.54, 1.807) is 12.4 Å². The highest BCUT2D eigenvalue weighted by Crippen LogP contribution is 2.30. The van der Waals surface area contributed by atoms with Gasteiger partial charge in [0.15, 0.2) is 0 Å². The lowest BCUT2D eigenvalue weighted by Crippen LogP contribution is -2.38. The Hall–Kier alpha value is -3.16. The van der Waals surface area contributed by atoms with Crippen LogP contribution >= 0.6 is 0 Å². The van der Waals surface area contributed by atoms with E-state index < -0.39 is 11.7 Å². The number of benzene rings is 1. The third-order valence-corrected chi connectivity index (χ3v) is 5.20. The van der Waals surface area contributed by atoms with Crippen LogP contribution in [0.1, 0.15) is 18.4 Å². The molecule has 1 aliphatic heterocycles. The standard InChI is InChI=1S/C21H19F3N4O/c22-21(23,24)16-4-5-19(26-13-16)28-10-7-14(8-11-28)20(29)27-18-3-1-2-15-12-25-9-6-17(15)18/h1-6,9,12-14H,7-8,10-11H2,(H,27,29). The van der Waals surface area contributed by atoms with E-state index in [0.717, 1.165) is 28.7 Å². The number of anilines is 2. The van der Waals surface area contributed by atoms with Crippen molar-refractivity contribution in [2.45, 2.75) is 19.0 Å². The average molecular weight is 400 g/mol. The molecule has 150 valence electrons. The molecule has 1 fully saturated rings. The second-order valence-corrected chi connectivity index (χ2v) is 7.06. The minimum atomic E-state index is -4.39. The molecule has 0 bridgehead atoms. The van der Waals surface area contributed by atoms with Crippen LogP contribution in [0.15, 0.2) is 55.0 Å². The second-order valence-electron chi connectivity index (χ2n) is 7.06. The molecule has 2 aromatic heterocycles. The van der Waals surface area contributed by atoms with Crippen molar-refractivity contribution in [2.75, 3.05) is 23.3 Å². The maximum Gasteiger partial charge on any atom is 0.417 e. The smallest absolute Gasteiger partial charge is 0.357 e. The maximum absolute atomic E-state index is 12.7. The monoisotopic (exact) mass is 400 g/mol. The van der Waals surface area contributed by atoms with Gasteiger partial charge in [-0.1, -0.05) is 12.1 Å². The van der Waals surface area contributed by atoms with E-state index in [4.69, 9.17) is 0 Å². The van der Waals surface area contributed by atoms with Crippen LogP contribution in [0, 0.1) is 5.92 Å². The first-order valence-corrected chi connectivity index (χ1v) is 9.33. The van der Waals surface area contributed by atoms with Gasteiger partial charge in [-0.25, -0.2) is 4.98 Å². The van der Waals surface area contributed by atoms with Crippen molar-refractivity contribution in [1.82, 2.24) is 9.97 Å². The minimum Gasteiger partial charge on any atom is -0.357 e. The summed E-state index contributed by atoms with van der Waals surface area (Å²) in [5.74, 6) is 0.297. The zero-order chi connectivity index (χ0) is 20.4. The van der Waals surface area contributed by atoms with E-state index in [-0.39, 0.29) is 11.8 Å². The Morgan fingerprint density at radius 3 is 2.55 bits per heavy atom. The number of rotatable bonds is 3. The number of hydrogen-bond donors (Lipinski definition) is 1. The van der Waals surface area contributed by atoms with Crippen LogP contribution in [0.25, 0.3) is 10.8 Å². The van der Waals surface area contributed by atoms with Gasteiger partial charge in [-0.2, -0.15) is 13.2 Å². The zero-order valence-electron chi connectivity index (χ0n) is 15.5. The van der Waals surface area contributed by atoms with Crippen molar-refractivity contribution in [3.05, 3.63) is 60.6 Å². The van der Waals surface area contributed by atoms with Gasteiger partial charge >= 0.3 is 6.18 Å². The van der Waals surface area contributed by atoms with Crippen molar-refractivity contribution < 1.29 is 18.0 Å². The van der Waals surface area contributed by atoms with Crippen molar-refractivity contribution in [1.29, 1.82) is 0 Å². The van der Waals surface area contributed by atoms with Gasteiger partial charge in [-0.15, -0.1) is 0 Å². The molecule has 8 heteroatoms. The van der Waals surface area contributed by atoms with Crippen molar-refractivity contribution >= 4 is 28.2 Å².